The Morgan fingerprint density at radius 1 is 1.14 bits per heavy atom. The maximum absolute atomic E-state index is 13.4. The van der Waals surface area contributed by atoms with Gasteiger partial charge >= 0.3 is 0 Å². The quantitative estimate of drug-likeness (QED) is 0.675. The van der Waals surface area contributed by atoms with E-state index in [1.165, 1.54) is 23.1 Å². The molecule has 0 spiro atoms. The normalized spacial score (nSPS) is 14.8. The molecule has 0 atom stereocenters. The summed E-state index contributed by atoms with van der Waals surface area (Å²) in [6.07, 6.45) is 1.37. The minimum Gasteiger partial charge on any atom is -0.390 e. The van der Waals surface area contributed by atoms with Crippen molar-refractivity contribution in [1.29, 1.82) is 0 Å². The first-order valence-electron chi connectivity index (χ1n) is 9.28. The fourth-order valence-electron chi connectivity index (χ4n) is 3.22. The van der Waals surface area contributed by atoms with E-state index in [9.17, 15) is 13.9 Å². The number of halogens is 2. The van der Waals surface area contributed by atoms with Gasteiger partial charge in [-0.2, -0.15) is 4.98 Å². The number of aryl methyl sites for hydroxylation is 1. The van der Waals surface area contributed by atoms with Crippen LogP contribution in [0.4, 0.5) is 26.4 Å². The molecule has 0 amide bonds. The molecule has 156 valence electrons. The molecule has 1 aliphatic rings. The largest absolute Gasteiger partial charge is 0.390 e. The van der Waals surface area contributed by atoms with Crippen molar-refractivity contribution in [3.63, 3.8) is 0 Å². The van der Waals surface area contributed by atoms with Gasteiger partial charge in [0.05, 0.1) is 11.3 Å². The van der Waals surface area contributed by atoms with Gasteiger partial charge in [-0.05, 0) is 50.6 Å². The Kier molecular flexibility index (Phi) is 4.70. The van der Waals surface area contributed by atoms with E-state index in [0.29, 0.717) is 5.82 Å². The standard InChI is InChI=1S/C20H22F2N6O.2H2/c1-12-4-17(24-18(5-12)27-9-13(10-27)20(2,3)29)25-19-23-11-28(26-19)16-7-14(21)6-15(22)8-16;;/h4-8,11,13,29H,9-10H2,1-3H3,(H,24,25,26);2*1H. The van der Waals surface area contributed by atoms with E-state index < -0.39 is 17.2 Å². The SMILES string of the molecule is Cc1cc(Nc2ncn(-c3cc(F)cc(F)c3)n2)nc(N2CC(C(C)(C)O)C2)c1.[HH].[HH]. The summed E-state index contributed by atoms with van der Waals surface area (Å²) in [5, 5.41) is 17.4. The van der Waals surface area contributed by atoms with Gasteiger partial charge in [0, 0.05) is 27.9 Å². The number of aliphatic hydroxyl groups is 1. The molecule has 0 saturated carbocycles. The summed E-state index contributed by atoms with van der Waals surface area (Å²) in [6, 6.07) is 6.99. The molecule has 0 aliphatic carbocycles. The number of nitrogens with zero attached hydrogens (tertiary/aromatic N) is 5. The smallest absolute Gasteiger partial charge is 0.248 e. The zero-order valence-electron chi connectivity index (χ0n) is 16.4. The predicted octanol–water partition coefficient (Wildman–Crippen LogP) is 3.69. The molecule has 1 fully saturated rings. The molecule has 0 unspecified atom stereocenters. The molecular formula is C20H26F2N6O. The Hall–Kier alpha value is -3.07. The van der Waals surface area contributed by atoms with Gasteiger partial charge < -0.3 is 15.3 Å². The highest BCUT2D eigenvalue weighted by atomic mass is 19.1. The summed E-state index contributed by atoms with van der Waals surface area (Å²) >= 11 is 0. The van der Waals surface area contributed by atoms with Gasteiger partial charge in [-0.25, -0.2) is 18.4 Å². The molecule has 0 bridgehead atoms. The molecule has 7 nitrogen and oxygen atoms in total. The van der Waals surface area contributed by atoms with Gasteiger partial charge in [-0.15, -0.1) is 5.10 Å². The van der Waals surface area contributed by atoms with Crippen LogP contribution in [0, 0.1) is 24.5 Å². The molecule has 2 N–H and O–H groups in total. The van der Waals surface area contributed by atoms with Crippen LogP contribution < -0.4 is 10.2 Å². The van der Waals surface area contributed by atoms with Crippen molar-refractivity contribution in [2.24, 2.45) is 5.92 Å². The first-order valence-corrected chi connectivity index (χ1v) is 9.28. The second kappa shape index (κ2) is 7.07. The van der Waals surface area contributed by atoms with Crippen molar-refractivity contribution in [3.8, 4) is 5.69 Å². The summed E-state index contributed by atoms with van der Waals surface area (Å²) in [5.41, 5.74) is 0.532. The molecule has 4 rings (SSSR count). The molecule has 1 aromatic carbocycles. The van der Waals surface area contributed by atoms with Crippen LogP contribution >= 0.6 is 0 Å². The molecule has 1 aliphatic heterocycles. The Morgan fingerprint density at radius 2 is 1.83 bits per heavy atom. The van der Waals surface area contributed by atoms with Crippen LogP contribution in [-0.4, -0.2) is 43.5 Å². The van der Waals surface area contributed by atoms with E-state index in [-0.39, 0.29) is 20.4 Å². The molecule has 1 saturated heterocycles. The first kappa shape index (κ1) is 19.3. The van der Waals surface area contributed by atoms with E-state index in [4.69, 9.17) is 0 Å². The van der Waals surface area contributed by atoms with E-state index in [1.807, 2.05) is 32.9 Å². The number of aromatic nitrogens is 4. The number of nitrogens with one attached hydrogen (secondary N) is 1. The molecule has 3 aromatic rings. The minimum absolute atomic E-state index is 0. The summed E-state index contributed by atoms with van der Waals surface area (Å²) < 4.78 is 28.1. The van der Waals surface area contributed by atoms with Crippen LogP contribution in [0.3, 0.4) is 0 Å². The van der Waals surface area contributed by atoms with Crippen LogP contribution in [0.1, 0.15) is 22.3 Å². The molecule has 3 heterocycles. The topological polar surface area (TPSA) is 79.1 Å². The van der Waals surface area contributed by atoms with Crippen LogP contribution in [0.25, 0.3) is 5.69 Å². The third-order valence-corrected chi connectivity index (χ3v) is 5.00. The van der Waals surface area contributed by atoms with Crippen molar-refractivity contribution in [3.05, 3.63) is 53.9 Å². The summed E-state index contributed by atoms with van der Waals surface area (Å²) in [7, 11) is 0. The van der Waals surface area contributed by atoms with Crippen LogP contribution in [-0.2, 0) is 0 Å². The van der Waals surface area contributed by atoms with Gasteiger partial charge in [0.25, 0.3) is 0 Å². The monoisotopic (exact) mass is 404 g/mol. The van der Waals surface area contributed by atoms with Gasteiger partial charge in [0.15, 0.2) is 0 Å². The van der Waals surface area contributed by atoms with Crippen LogP contribution in [0.2, 0.25) is 0 Å². The first-order chi connectivity index (χ1) is 13.7. The molecule has 2 aromatic heterocycles. The zero-order chi connectivity index (χ0) is 20.8. The molecule has 0 radical (unpaired) electrons. The predicted molar refractivity (Wildman–Crippen MR) is 110 cm³/mol. The van der Waals surface area contributed by atoms with Crippen molar-refractivity contribution in [1.82, 2.24) is 19.7 Å². The number of benzene rings is 1. The average Bonchev–Trinajstić information content (AvgIpc) is 2.99. The van der Waals surface area contributed by atoms with Crippen molar-refractivity contribution in [2.45, 2.75) is 26.4 Å². The zero-order valence-corrected chi connectivity index (χ0v) is 16.4. The molecular weight excluding hydrogens is 378 g/mol. The summed E-state index contributed by atoms with van der Waals surface area (Å²) in [4.78, 5) is 10.8. The van der Waals surface area contributed by atoms with Crippen molar-refractivity contribution in [2.75, 3.05) is 23.3 Å². The summed E-state index contributed by atoms with van der Waals surface area (Å²) in [6.45, 7) is 7.07. The van der Waals surface area contributed by atoms with E-state index in [1.54, 1.807) is 0 Å². The number of hydrogen-bond acceptors (Lipinski definition) is 6. The van der Waals surface area contributed by atoms with Crippen LogP contribution in [0.5, 0.6) is 0 Å². The van der Waals surface area contributed by atoms with Gasteiger partial charge in [-0.1, -0.05) is 0 Å². The van der Waals surface area contributed by atoms with Crippen molar-refractivity contribution >= 4 is 17.6 Å². The van der Waals surface area contributed by atoms with Crippen molar-refractivity contribution < 1.29 is 16.7 Å². The van der Waals surface area contributed by atoms with E-state index >= 15 is 0 Å². The lowest BCUT2D eigenvalue weighted by Crippen LogP contribution is -2.56. The Labute approximate surface area is 170 Å². The number of pyridine rings is 1. The Morgan fingerprint density at radius 3 is 2.48 bits per heavy atom. The lowest BCUT2D eigenvalue weighted by Gasteiger charge is -2.46. The maximum Gasteiger partial charge on any atom is 0.248 e. The average molecular weight is 404 g/mol. The second-order valence-electron chi connectivity index (χ2n) is 7.91. The number of anilines is 3. The highest BCUT2D eigenvalue weighted by Crippen LogP contribution is 2.31. The number of hydrogen-bond donors (Lipinski definition) is 2. The van der Waals surface area contributed by atoms with Gasteiger partial charge in [0.1, 0.15) is 29.6 Å². The summed E-state index contributed by atoms with van der Waals surface area (Å²) in [5.74, 6) is 0.458. The Balaban J connectivity index is 0.00000171. The fraction of sp³-hybridized carbons (Fsp3) is 0.350. The van der Waals surface area contributed by atoms with E-state index in [2.05, 4.69) is 25.3 Å². The highest BCUT2D eigenvalue weighted by molar-refractivity contribution is 5.56. The maximum atomic E-state index is 13.4. The van der Waals surface area contributed by atoms with Crippen LogP contribution in [0.15, 0.2) is 36.7 Å². The second-order valence-corrected chi connectivity index (χ2v) is 7.91. The number of rotatable bonds is 5. The highest BCUT2D eigenvalue weighted by Gasteiger charge is 2.38. The molecule has 9 heteroatoms. The van der Waals surface area contributed by atoms with Gasteiger partial charge in [-0.3, -0.25) is 0 Å². The molecule has 29 heavy (non-hydrogen) atoms. The minimum atomic E-state index is -0.714. The lowest BCUT2D eigenvalue weighted by atomic mass is 9.84. The van der Waals surface area contributed by atoms with Gasteiger partial charge in [0.2, 0.25) is 5.95 Å². The fourth-order valence-corrected chi connectivity index (χ4v) is 3.22. The Bertz CT molecular complexity index is 1030. The lowest BCUT2D eigenvalue weighted by molar-refractivity contribution is 0.00439. The van der Waals surface area contributed by atoms with E-state index in [0.717, 1.165) is 30.5 Å². The third kappa shape index (κ3) is 4.19. The third-order valence-electron chi connectivity index (χ3n) is 5.00.